The average Bonchev–Trinajstić information content (AvgIpc) is 2.73. The summed E-state index contributed by atoms with van der Waals surface area (Å²) in [7, 11) is 1.62. The van der Waals surface area contributed by atoms with Gasteiger partial charge >= 0.3 is 0 Å². The van der Waals surface area contributed by atoms with E-state index in [1.165, 1.54) is 5.57 Å². The number of hydrogen-bond donors (Lipinski definition) is 0. The highest BCUT2D eigenvalue weighted by atomic mass is 16.5. The summed E-state index contributed by atoms with van der Waals surface area (Å²) in [5, 5.41) is 0. The third-order valence-electron chi connectivity index (χ3n) is 4.63. The number of hydrogen-bond acceptors (Lipinski definition) is 3. The van der Waals surface area contributed by atoms with Crippen LogP contribution in [0.3, 0.4) is 0 Å². The van der Waals surface area contributed by atoms with E-state index in [-0.39, 0.29) is 5.78 Å². The molecule has 104 valence electrons. The van der Waals surface area contributed by atoms with Crippen LogP contribution in [0.4, 0.5) is 0 Å². The second kappa shape index (κ2) is 4.58. The maximum Gasteiger partial charge on any atom is 0.213 e. The van der Waals surface area contributed by atoms with E-state index in [2.05, 4.69) is 11.6 Å². The molecule has 0 N–H and O–H groups in total. The Bertz CT molecular complexity index is 617. The van der Waals surface area contributed by atoms with Gasteiger partial charge < -0.3 is 4.74 Å². The van der Waals surface area contributed by atoms with Crippen molar-refractivity contribution >= 4 is 5.78 Å². The highest BCUT2D eigenvalue weighted by molar-refractivity contribution is 6.01. The molecule has 0 bridgehead atoms. The second-order valence-electron chi connectivity index (χ2n) is 5.77. The van der Waals surface area contributed by atoms with E-state index in [0.717, 1.165) is 24.1 Å². The van der Waals surface area contributed by atoms with Gasteiger partial charge in [0, 0.05) is 11.8 Å². The van der Waals surface area contributed by atoms with Crippen molar-refractivity contribution in [3.8, 4) is 5.88 Å². The first-order chi connectivity index (χ1) is 9.61. The van der Waals surface area contributed by atoms with Crippen LogP contribution in [0.25, 0.3) is 0 Å². The first-order valence-electron chi connectivity index (χ1n) is 6.98. The lowest BCUT2D eigenvalue weighted by Gasteiger charge is -2.36. The van der Waals surface area contributed by atoms with Crippen molar-refractivity contribution in [2.24, 2.45) is 5.92 Å². The molecule has 0 aliphatic heterocycles. The molecule has 0 unspecified atom stereocenters. The normalized spacial score (nSPS) is 27.6. The smallest absolute Gasteiger partial charge is 0.213 e. The first kappa shape index (κ1) is 13.1. The molecule has 1 aromatic heterocycles. The Hall–Kier alpha value is -1.90. The summed E-state index contributed by atoms with van der Waals surface area (Å²) in [6.45, 7) is 5.89. The number of ketones is 1. The number of allylic oxidation sites excluding steroid dienone is 3. The van der Waals surface area contributed by atoms with Crippen LogP contribution < -0.4 is 4.74 Å². The van der Waals surface area contributed by atoms with Gasteiger partial charge in [-0.15, -0.1) is 6.58 Å². The number of aromatic nitrogens is 1. The summed E-state index contributed by atoms with van der Waals surface area (Å²) in [5.74, 6) is 1.12. The zero-order chi connectivity index (χ0) is 14.3. The van der Waals surface area contributed by atoms with Crippen LogP contribution in [0.5, 0.6) is 5.88 Å². The number of rotatable bonds is 3. The first-order valence-corrected chi connectivity index (χ1v) is 6.98. The van der Waals surface area contributed by atoms with Crippen molar-refractivity contribution in [3.05, 3.63) is 47.7 Å². The average molecular weight is 269 g/mol. The molecular formula is C17H19NO2. The molecule has 0 amide bonds. The fourth-order valence-electron chi connectivity index (χ4n) is 3.77. The SMILES string of the molecule is C=CC[C@]12C(=O)C=C(C)C[C@H]1Cc1nc(OC)ccc12. The lowest BCUT2D eigenvalue weighted by molar-refractivity contribution is -0.122. The summed E-state index contributed by atoms with van der Waals surface area (Å²) in [6, 6.07) is 3.86. The summed E-state index contributed by atoms with van der Waals surface area (Å²) in [6.07, 6.45) is 6.15. The van der Waals surface area contributed by atoms with Crippen molar-refractivity contribution in [2.75, 3.05) is 7.11 Å². The largest absolute Gasteiger partial charge is 0.481 e. The van der Waals surface area contributed by atoms with Gasteiger partial charge in [-0.1, -0.05) is 17.7 Å². The summed E-state index contributed by atoms with van der Waals surface area (Å²) in [4.78, 5) is 17.3. The van der Waals surface area contributed by atoms with Gasteiger partial charge in [-0.05, 0) is 43.7 Å². The third-order valence-corrected chi connectivity index (χ3v) is 4.63. The summed E-state index contributed by atoms with van der Waals surface area (Å²) < 4.78 is 5.20. The Balaban J connectivity index is 2.17. The van der Waals surface area contributed by atoms with Crippen LogP contribution in [0, 0.1) is 5.92 Å². The van der Waals surface area contributed by atoms with E-state index >= 15 is 0 Å². The number of carbonyl (C=O) groups excluding carboxylic acids is 1. The van der Waals surface area contributed by atoms with Gasteiger partial charge in [0.25, 0.3) is 0 Å². The number of methoxy groups -OCH3 is 1. The Labute approximate surface area is 119 Å². The molecule has 3 heteroatoms. The Morgan fingerprint density at radius 2 is 2.30 bits per heavy atom. The maximum absolute atomic E-state index is 12.7. The van der Waals surface area contributed by atoms with E-state index in [1.807, 2.05) is 25.1 Å². The standard InChI is InChI=1S/C17H19NO2/c1-4-7-17-12(8-11(2)9-15(17)19)10-14-13(17)5-6-16(18-14)20-3/h4-6,9,12H,1,7-8,10H2,2-3H3/t12-,17-/m0/s1. The molecule has 2 aliphatic carbocycles. The van der Waals surface area contributed by atoms with Crippen molar-refractivity contribution in [1.29, 1.82) is 0 Å². The molecule has 0 spiro atoms. The van der Waals surface area contributed by atoms with Gasteiger partial charge in [-0.3, -0.25) is 4.79 Å². The van der Waals surface area contributed by atoms with Crippen LogP contribution in [0.15, 0.2) is 36.4 Å². The maximum atomic E-state index is 12.7. The molecule has 0 fully saturated rings. The number of pyridine rings is 1. The monoisotopic (exact) mass is 269 g/mol. The highest BCUT2D eigenvalue weighted by Gasteiger charge is 2.52. The molecule has 2 aliphatic rings. The van der Waals surface area contributed by atoms with Crippen LogP contribution >= 0.6 is 0 Å². The molecule has 3 nitrogen and oxygen atoms in total. The van der Waals surface area contributed by atoms with E-state index in [0.29, 0.717) is 18.2 Å². The van der Waals surface area contributed by atoms with E-state index in [9.17, 15) is 4.79 Å². The Kier molecular flexibility index (Phi) is 3.00. The summed E-state index contributed by atoms with van der Waals surface area (Å²) >= 11 is 0. The fourth-order valence-corrected chi connectivity index (χ4v) is 3.77. The van der Waals surface area contributed by atoms with Gasteiger partial charge in [0.05, 0.1) is 12.5 Å². The third kappa shape index (κ3) is 1.65. The highest BCUT2D eigenvalue weighted by Crippen LogP contribution is 2.51. The number of ether oxygens (including phenoxy) is 1. The van der Waals surface area contributed by atoms with Crippen molar-refractivity contribution in [3.63, 3.8) is 0 Å². The number of carbonyl (C=O) groups is 1. The minimum Gasteiger partial charge on any atom is -0.481 e. The van der Waals surface area contributed by atoms with Crippen LogP contribution in [-0.4, -0.2) is 17.9 Å². The summed E-state index contributed by atoms with van der Waals surface area (Å²) in [5.41, 5.74) is 2.79. The zero-order valence-corrected chi connectivity index (χ0v) is 12.0. The number of nitrogens with zero attached hydrogens (tertiary/aromatic N) is 1. The predicted molar refractivity (Wildman–Crippen MR) is 77.9 cm³/mol. The topological polar surface area (TPSA) is 39.2 Å². The predicted octanol–water partition coefficient (Wildman–Crippen LogP) is 3.00. The van der Waals surface area contributed by atoms with E-state index < -0.39 is 5.41 Å². The second-order valence-corrected chi connectivity index (χ2v) is 5.77. The van der Waals surface area contributed by atoms with Gasteiger partial charge in [0.15, 0.2) is 5.78 Å². The lowest BCUT2D eigenvalue weighted by Crippen LogP contribution is -2.41. The minimum atomic E-state index is -0.449. The quantitative estimate of drug-likeness (QED) is 0.792. The van der Waals surface area contributed by atoms with Crippen LogP contribution in [-0.2, 0) is 16.6 Å². The molecule has 20 heavy (non-hydrogen) atoms. The van der Waals surface area contributed by atoms with Crippen molar-refractivity contribution in [1.82, 2.24) is 4.98 Å². The molecule has 3 rings (SSSR count). The van der Waals surface area contributed by atoms with Gasteiger partial charge in [0.1, 0.15) is 0 Å². The fraction of sp³-hybridized carbons (Fsp3) is 0.412. The van der Waals surface area contributed by atoms with Crippen LogP contribution in [0.2, 0.25) is 0 Å². The Morgan fingerprint density at radius 3 is 3.00 bits per heavy atom. The minimum absolute atomic E-state index is 0.205. The molecule has 0 aromatic carbocycles. The molecule has 0 radical (unpaired) electrons. The molecule has 0 saturated heterocycles. The van der Waals surface area contributed by atoms with Crippen LogP contribution in [0.1, 0.15) is 31.0 Å². The number of fused-ring (bicyclic) bond motifs is 3. The molecular weight excluding hydrogens is 250 g/mol. The molecule has 1 heterocycles. The zero-order valence-electron chi connectivity index (χ0n) is 12.0. The van der Waals surface area contributed by atoms with E-state index in [1.54, 1.807) is 13.2 Å². The van der Waals surface area contributed by atoms with Crippen molar-refractivity contribution in [2.45, 2.75) is 31.6 Å². The van der Waals surface area contributed by atoms with Gasteiger partial charge in [-0.2, -0.15) is 0 Å². The Morgan fingerprint density at radius 1 is 1.50 bits per heavy atom. The van der Waals surface area contributed by atoms with Gasteiger partial charge in [-0.25, -0.2) is 4.98 Å². The molecule has 1 aromatic rings. The molecule has 0 saturated carbocycles. The van der Waals surface area contributed by atoms with E-state index in [4.69, 9.17) is 4.74 Å². The van der Waals surface area contributed by atoms with Crippen molar-refractivity contribution < 1.29 is 9.53 Å². The lowest BCUT2D eigenvalue weighted by atomic mass is 9.64. The molecule has 2 atom stereocenters. The van der Waals surface area contributed by atoms with Gasteiger partial charge in [0.2, 0.25) is 5.88 Å².